The lowest BCUT2D eigenvalue weighted by molar-refractivity contribution is -0.142. The Morgan fingerprint density at radius 2 is 1.63 bits per heavy atom. The van der Waals surface area contributed by atoms with Crippen LogP contribution in [0.2, 0.25) is 0 Å². The van der Waals surface area contributed by atoms with Crippen molar-refractivity contribution in [3.05, 3.63) is 71.4 Å². The number of carbonyl (C=O) groups excluding carboxylic acids is 2. The van der Waals surface area contributed by atoms with E-state index >= 15 is 0 Å². The van der Waals surface area contributed by atoms with Gasteiger partial charge in [-0.05, 0) is 68.4 Å². The van der Waals surface area contributed by atoms with Gasteiger partial charge in [-0.2, -0.15) is 5.10 Å². The molecule has 0 atom stereocenters. The normalized spacial score (nSPS) is 14.7. The standard InChI is InChI=1S/C34H47N5O2/c1-8-18-34(6,7)31(40)38-19-16-25(17-20-38)21-26-10-9-11-27(22-26)35-32(41)36-30-23-29(33(3,4)5)37-39(30)28-14-12-24(2)13-15-28/h9-15,22-23,25H,8,16-21H2,1-7H3,(H2,35,36,41). The van der Waals surface area contributed by atoms with Crippen LogP contribution in [0.25, 0.3) is 5.69 Å². The molecule has 41 heavy (non-hydrogen) atoms. The molecule has 220 valence electrons. The fourth-order valence-corrected chi connectivity index (χ4v) is 5.61. The van der Waals surface area contributed by atoms with Crippen molar-refractivity contribution in [1.82, 2.24) is 14.7 Å². The van der Waals surface area contributed by atoms with Crippen LogP contribution in [0, 0.1) is 18.3 Å². The minimum absolute atomic E-state index is 0.160. The summed E-state index contributed by atoms with van der Waals surface area (Å²) >= 11 is 0. The maximum absolute atomic E-state index is 13.1. The van der Waals surface area contributed by atoms with E-state index in [1.165, 1.54) is 11.1 Å². The summed E-state index contributed by atoms with van der Waals surface area (Å²) in [6.07, 6.45) is 4.89. The Balaban J connectivity index is 1.38. The number of nitrogens with one attached hydrogen (secondary N) is 2. The number of piperidine rings is 1. The third-order valence-electron chi connectivity index (χ3n) is 8.06. The predicted octanol–water partition coefficient (Wildman–Crippen LogP) is 7.73. The second-order valence-corrected chi connectivity index (χ2v) is 13.3. The zero-order valence-electron chi connectivity index (χ0n) is 25.9. The van der Waals surface area contributed by atoms with Gasteiger partial charge < -0.3 is 10.2 Å². The highest BCUT2D eigenvalue weighted by Gasteiger charge is 2.33. The summed E-state index contributed by atoms with van der Waals surface area (Å²) in [7, 11) is 0. The molecule has 2 N–H and O–H groups in total. The van der Waals surface area contributed by atoms with Crippen molar-refractivity contribution in [2.75, 3.05) is 23.7 Å². The van der Waals surface area contributed by atoms with Crippen molar-refractivity contribution in [3.63, 3.8) is 0 Å². The number of aryl methyl sites for hydroxylation is 1. The van der Waals surface area contributed by atoms with Crippen LogP contribution in [0.1, 0.15) is 84.0 Å². The van der Waals surface area contributed by atoms with E-state index in [2.05, 4.69) is 69.2 Å². The Hall–Kier alpha value is -3.61. The predicted molar refractivity (Wildman–Crippen MR) is 168 cm³/mol. The lowest BCUT2D eigenvalue weighted by atomic mass is 9.84. The van der Waals surface area contributed by atoms with Crippen LogP contribution in [0.4, 0.5) is 16.3 Å². The van der Waals surface area contributed by atoms with Crippen molar-refractivity contribution in [2.45, 2.75) is 86.0 Å². The Morgan fingerprint density at radius 3 is 2.27 bits per heavy atom. The fourth-order valence-electron chi connectivity index (χ4n) is 5.61. The van der Waals surface area contributed by atoms with Gasteiger partial charge in [-0.3, -0.25) is 10.1 Å². The average molecular weight is 558 g/mol. The maximum atomic E-state index is 13.1. The quantitative estimate of drug-likeness (QED) is 0.297. The van der Waals surface area contributed by atoms with Gasteiger partial charge in [0.25, 0.3) is 0 Å². The number of urea groups is 1. The summed E-state index contributed by atoms with van der Waals surface area (Å²) in [5, 5.41) is 10.8. The van der Waals surface area contributed by atoms with Crippen molar-refractivity contribution in [1.29, 1.82) is 0 Å². The molecule has 7 heteroatoms. The van der Waals surface area contributed by atoms with Crippen molar-refractivity contribution >= 4 is 23.4 Å². The molecule has 7 nitrogen and oxygen atoms in total. The highest BCUT2D eigenvalue weighted by molar-refractivity contribution is 5.99. The van der Waals surface area contributed by atoms with E-state index in [0.717, 1.165) is 62.3 Å². The van der Waals surface area contributed by atoms with E-state index in [-0.39, 0.29) is 22.8 Å². The Morgan fingerprint density at radius 1 is 0.951 bits per heavy atom. The van der Waals surface area contributed by atoms with Gasteiger partial charge in [-0.25, -0.2) is 9.48 Å². The molecule has 1 aliphatic rings. The average Bonchev–Trinajstić information content (AvgIpc) is 3.33. The molecule has 0 spiro atoms. The number of carbonyl (C=O) groups is 2. The molecule has 3 amide bonds. The second-order valence-electron chi connectivity index (χ2n) is 13.3. The Labute approximate surface area is 245 Å². The van der Waals surface area contributed by atoms with E-state index < -0.39 is 0 Å². The van der Waals surface area contributed by atoms with Crippen molar-refractivity contribution < 1.29 is 9.59 Å². The molecule has 2 aromatic carbocycles. The monoisotopic (exact) mass is 557 g/mol. The van der Waals surface area contributed by atoms with Gasteiger partial charge in [0.15, 0.2) is 0 Å². The zero-order chi connectivity index (χ0) is 29.8. The van der Waals surface area contributed by atoms with Crippen molar-refractivity contribution in [2.24, 2.45) is 11.3 Å². The van der Waals surface area contributed by atoms with Crippen LogP contribution in [-0.4, -0.2) is 39.7 Å². The van der Waals surface area contributed by atoms with Crippen LogP contribution >= 0.6 is 0 Å². The van der Waals surface area contributed by atoms with E-state index in [0.29, 0.717) is 11.7 Å². The van der Waals surface area contributed by atoms with E-state index in [9.17, 15) is 9.59 Å². The number of hydrogen-bond acceptors (Lipinski definition) is 3. The Bertz CT molecular complexity index is 1340. The minimum atomic E-state index is -0.308. The molecule has 0 unspecified atom stereocenters. The van der Waals surface area contributed by atoms with Crippen molar-refractivity contribution in [3.8, 4) is 5.69 Å². The van der Waals surface area contributed by atoms with E-state index in [4.69, 9.17) is 5.10 Å². The van der Waals surface area contributed by atoms with Crippen LogP contribution in [0.3, 0.4) is 0 Å². The molecule has 0 radical (unpaired) electrons. The number of anilines is 2. The van der Waals surface area contributed by atoms with Gasteiger partial charge in [-0.15, -0.1) is 0 Å². The number of hydrogen-bond donors (Lipinski definition) is 2. The highest BCUT2D eigenvalue weighted by atomic mass is 16.2. The van der Waals surface area contributed by atoms with Crippen LogP contribution in [0.15, 0.2) is 54.6 Å². The van der Waals surface area contributed by atoms with E-state index in [1.807, 2.05) is 49.4 Å². The zero-order valence-corrected chi connectivity index (χ0v) is 25.9. The third kappa shape index (κ3) is 7.78. The summed E-state index contributed by atoms with van der Waals surface area (Å²) in [6.45, 7) is 16.3. The number of amides is 3. The number of aromatic nitrogens is 2. The molecular formula is C34H47N5O2. The smallest absolute Gasteiger partial charge is 0.324 e. The minimum Gasteiger partial charge on any atom is -0.342 e. The summed E-state index contributed by atoms with van der Waals surface area (Å²) in [5.41, 5.74) is 4.46. The molecule has 4 rings (SSSR count). The molecule has 0 aliphatic carbocycles. The first-order valence-corrected chi connectivity index (χ1v) is 15.0. The maximum Gasteiger partial charge on any atom is 0.324 e. The number of rotatable bonds is 8. The molecule has 2 heterocycles. The van der Waals surface area contributed by atoms with E-state index in [1.54, 1.807) is 4.68 Å². The largest absolute Gasteiger partial charge is 0.342 e. The molecule has 1 aromatic heterocycles. The molecule has 3 aromatic rings. The van der Waals surface area contributed by atoms with Gasteiger partial charge in [-0.1, -0.05) is 77.8 Å². The van der Waals surface area contributed by atoms with Gasteiger partial charge >= 0.3 is 6.03 Å². The second kappa shape index (κ2) is 12.5. The summed E-state index contributed by atoms with van der Waals surface area (Å²) in [6, 6.07) is 17.8. The SMILES string of the molecule is CCCC(C)(C)C(=O)N1CCC(Cc2cccc(NC(=O)Nc3cc(C(C)(C)C)nn3-c3ccc(C)cc3)c2)CC1. The van der Waals surface area contributed by atoms with Crippen LogP contribution in [0.5, 0.6) is 0 Å². The first kappa shape index (κ1) is 30.4. The third-order valence-corrected chi connectivity index (χ3v) is 8.06. The first-order chi connectivity index (χ1) is 19.4. The molecule has 0 saturated carbocycles. The molecular weight excluding hydrogens is 510 g/mol. The van der Waals surface area contributed by atoms with Gasteiger partial charge in [0, 0.05) is 35.7 Å². The Kier molecular flexibility index (Phi) is 9.25. The summed E-state index contributed by atoms with van der Waals surface area (Å²) < 4.78 is 1.79. The molecule has 0 bridgehead atoms. The van der Waals surface area contributed by atoms with Gasteiger partial charge in [0.1, 0.15) is 5.82 Å². The number of likely N-dealkylation sites (tertiary alicyclic amines) is 1. The molecule has 1 aliphatic heterocycles. The lowest BCUT2D eigenvalue weighted by Crippen LogP contribution is -2.45. The highest BCUT2D eigenvalue weighted by Crippen LogP contribution is 2.30. The fraction of sp³-hybridized carbons (Fsp3) is 0.500. The summed E-state index contributed by atoms with van der Waals surface area (Å²) in [5.74, 6) is 1.43. The van der Waals surface area contributed by atoms with Gasteiger partial charge in [0.2, 0.25) is 5.91 Å². The molecule has 1 fully saturated rings. The lowest BCUT2D eigenvalue weighted by Gasteiger charge is -2.37. The summed E-state index contributed by atoms with van der Waals surface area (Å²) in [4.78, 5) is 28.2. The van der Waals surface area contributed by atoms with Crippen LogP contribution in [-0.2, 0) is 16.6 Å². The van der Waals surface area contributed by atoms with Gasteiger partial charge in [0.05, 0.1) is 11.4 Å². The first-order valence-electron chi connectivity index (χ1n) is 15.0. The number of nitrogens with zero attached hydrogens (tertiary/aromatic N) is 3. The van der Waals surface area contributed by atoms with Crippen LogP contribution < -0.4 is 10.6 Å². The topological polar surface area (TPSA) is 79.3 Å². The number of benzene rings is 2. The molecule has 1 saturated heterocycles.